The molecule has 0 aliphatic carbocycles. The third-order valence-electron chi connectivity index (χ3n) is 2.54. The molecule has 0 spiro atoms. The predicted octanol–water partition coefficient (Wildman–Crippen LogP) is 1.25. The number of anilines is 1. The van der Waals surface area contributed by atoms with E-state index in [9.17, 15) is 0 Å². The molecule has 1 heterocycles. The lowest BCUT2D eigenvalue weighted by atomic mass is 10.4. The molecule has 1 aromatic heterocycles. The Hall–Kier alpha value is -1.16. The van der Waals surface area contributed by atoms with Crippen molar-refractivity contribution in [3.63, 3.8) is 0 Å². The molecular formula is C11H20N4. The topological polar surface area (TPSA) is 32.3 Å². The van der Waals surface area contributed by atoms with Crippen molar-refractivity contribution in [1.82, 2.24) is 14.9 Å². The minimum absolute atomic E-state index is 0.796. The second-order valence-electron chi connectivity index (χ2n) is 3.50. The van der Waals surface area contributed by atoms with Crippen LogP contribution in [0.4, 0.5) is 5.95 Å². The van der Waals surface area contributed by atoms with Crippen LogP contribution in [0.15, 0.2) is 18.5 Å². The van der Waals surface area contributed by atoms with E-state index in [0.717, 1.165) is 32.1 Å². The van der Waals surface area contributed by atoms with Crippen LogP contribution < -0.4 is 4.90 Å². The van der Waals surface area contributed by atoms with Gasteiger partial charge in [-0.15, -0.1) is 0 Å². The van der Waals surface area contributed by atoms with Gasteiger partial charge >= 0.3 is 0 Å². The van der Waals surface area contributed by atoms with Crippen LogP contribution in [-0.4, -0.2) is 48.1 Å². The number of rotatable bonds is 6. The molecule has 0 fully saturated rings. The molecule has 0 radical (unpaired) electrons. The van der Waals surface area contributed by atoms with Crippen molar-refractivity contribution in [2.45, 2.75) is 13.8 Å². The Morgan fingerprint density at radius 3 is 2.20 bits per heavy atom. The maximum Gasteiger partial charge on any atom is 0.225 e. The van der Waals surface area contributed by atoms with Crippen LogP contribution in [0.1, 0.15) is 13.8 Å². The van der Waals surface area contributed by atoms with E-state index in [2.05, 4.69) is 33.6 Å². The number of hydrogen-bond acceptors (Lipinski definition) is 4. The summed E-state index contributed by atoms with van der Waals surface area (Å²) in [5.41, 5.74) is 0. The molecule has 0 bridgehead atoms. The first-order chi connectivity index (χ1) is 7.27. The van der Waals surface area contributed by atoms with Crippen molar-refractivity contribution < 1.29 is 0 Å². The Kier molecular flexibility index (Phi) is 5.04. The molecule has 0 unspecified atom stereocenters. The highest BCUT2D eigenvalue weighted by atomic mass is 15.2. The Bertz CT molecular complexity index is 259. The first-order valence-electron chi connectivity index (χ1n) is 5.48. The molecule has 4 nitrogen and oxygen atoms in total. The van der Waals surface area contributed by atoms with Crippen molar-refractivity contribution in [3.05, 3.63) is 18.5 Å². The minimum Gasteiger partial charge on any atom is -0.343 e. The lowest BCUT2D eigenvalue weighted by Crippen LogP contribution is -2.33. The maximum atomic E-state index is 4.20. The van der Waals surface area contributed by atoms with Gasteiger partial charge in [0.2, 0.25) is 5.95 Å². The van der Waals surface area contributed by atoms with Crippen LogP contribution in [0, 0.1) is 0 Å². The monoisotopic (exact) mass is 208 g/mol. The highest BCUT2D eigenvalue weighted by molar-refractivity contribution is 5.26. The van der Waals surface area contributed by atoms with Crippen LogP contribution in [0.5, 0.6) is 0 Å². The van der Waals surface area contributed by atoms with Gasteiger partial charge in [0.05, 0.1) is 0 Å². The van der Waals surface area contributed by atoms with Gasteiger partial charge in [-0.1, -0.05) is 13.8 Å². The zero-order valence-electron chi connectivity index (χ0n) is 9.85. The fraction of sp³-hybridized carbons (Fsp3) is 0.636. The van der Waals surface area contributed by atoms with Gasteiger partial charge in [0, 0.05) is 32.5 Å². The molecule has 1 aromatic rings. The fourth-order valence-corrected chi connectivity index (χ4v) is 1.42. The molecular weight excluding hydrogens is 188 g/mol. The zero-order chi connectivity index (χ0) is 11.1. The van der Waals surface area contributed by atoms with Crippen molar-refractivity contribution in [3.8, 4) is 0 Å². The second-order valence-corrected chi connectivity index (χ2v) is 3.50. The number of nitrogens with zero attached hydrogens (tertiary/aromatic N) is 4. The zero-order valence-corrected chi connectivity index (χ0v) is 9.85. The molecule has 0 atom stereocenters. The molecule has 0 aromatic carbocycles. The lowest BCUT2D eigenvalue weighted by molar-refractivity contribution is 0.310. The number of likely N-dealkylation sites (N-methyl/N-ethyl adjacent to an activating group) is 2. The molecule has 84 valence electrons. The van der Waals surface area contributed by atoms with E-state index in [1.807, 2.05) is 13.1 Å². The predicted molar refractivity (Wildman–Crippen MR) is 63.1 cm³/mol. The molecule has 0 saturated carbocycles. The Labute approximate surface area is 91.9 Å². The number of aromatic nitrogens is 2. The van der Waals surface area contributed by atoms with Gasteiger partial charge in [-0.05, 0) is 19.2 Å². The van der Waals surface area contributed by atoms with E-state index in [1.165, 1.54) is 0 Å². The van der Waals surface area contributed by atoms with Crippen molar-refractivity contribution in [2.75, 3.05) is 38.1 Å². The molecule has 0 amide bonds. The molecule has 0 aliphatic heterocycles. The van der Waals surface area contributed by atoms with E-state index in [1.54, 1.807) is 12.4 Å². The van der Waals surface area contributed by atoms with Gasteiger partial charge in [-0.2, -0.15) is 0 Å². The van der Waals surface area contributed by atoms with Crippen LogP contribution in [0.3, 0.4) is 0 Å². The van der Waals surface area contributed by atoms with Crippen molar-refractivity contribution in [1.29, 1.82) is 0 Å². The molecule has 0 aliphatic rings. The van der Waals surface area contributed by atoms with Gasteiger partial charge in [0.15, 0.2) is 0 Å². The largest absolute Gasteiger partial charge is 0.343 e. The summed E-state index contributed by atoms with van der Waals surface area (Å²) in [6.07, 6.45) is 3.55. The van der Waals surface area contributed by atoms with Crippen LogP contribution in [0.25, 0.3) is 0 Å². The van der Waals surface area contributed by atoms with Gasteiger partial charge in [0.1, 0.15) is 0 Å². The van der Waals surface area contributed by atoms with E-state index in [0.29, 0.717) is 0 Å². The smallest absolute Gasteiger partial charge is 0.225 e. The summed E-state index contributed by atoms with van der Waals surface area (Å²) in [5, 5.41) is 0. The minimum atomic E-state index is 0.796. The van der Waals surface area contributed by atoms with Crippen LogP contribution in [-0.2, 0) is 0 Å². The van der Waals surface area contributed by atoms with Gasteiger partial charge in [-0.25, -0.2) is 9.97 Å². The normalized spacial score (nSPS) is 10.7. The van der Waals surface area contributed by atoms with Crippen molar-refractivity contribution in [2.24, 2.45) is 0 Å². The number of hydrogen-bond donors (Lipinski definition) is 0. The molecule has 15 heavy (non-hydrogen) atoms. The summed E-state index contributed by atoms with van der Waals surface area (Å²) in [7, 11) is 2.03. The van der Waals surface area contributed by atoms with Gasteiger partial charge < -0.3 is 9.80 Å². The van der Waals surface area contributed by atoms with Crippen LogP contribution in [0.2, 0.25) is 0 Å². The molecule has 0 saturated heterocycles. The van der Waals surface area contributed by atoms with E-state index >= 15 is 0 Å². The standard InChI is InChI=1S/C11H20N4/c1-4-15(5-2)10-9-14(3)11-12-7-6-8-13-11/h6-8H,4-5,9-10H2,1-3H3. The van der Waals surface area contributed by atoms with E-state index in [-0.39, 0.29) is 0 Å². The van der Waals surface area contributed by atoms with E-state index < -0.39 is 0 Å². The Morgan fingerprint density at radius 2 is 1.67 bits per heavy atom. The van der Waals surface area contributed by atoms with Crippen LogP contribution >= 0.6 is 0 Å². The van der Waals surface area contributed by atoms with Gasteiger partial charge in [-0.3, -0.25) is 0 Å². The average molecular weight is 208 g/mol. The molecule has 0 N–H and O–H groups in total. The summed E-state index contributed by atoms with van der Waals surface area (Å²) in [5.74, 6) is 0.796. The summed E-state index contributed by atoms with van der Waals surface area (Å²) in [6, 6.07) is 1.84. The summed E-state index contributed by atoms with van der Waals surface area (Å²) < 4.78 is 0. The summed E-state index contributed by atoms with van der Waals surface area (Å²) in [6.45, 7) is 8.58. The SMILES string of the molecule is CCN(CC)CCN(C)c1ncccn1. The summed E-state index contributed by atoms with van der Waals surface area (Å²) >= 11 is 0. The third-order valence-corrected chi connectivity index (χ3v) is 2.54. The Morgan fingerprint density at radius 1 is 1.07 bits per heavy atom. The van der Waals surface area contributed by atoms with Crippen molar-refractivity contribution >= 4 is 5.95 Å². The first kappa shape index (κ1) is 11.9. The first-order valence-corrected chi connectivity index (χ1v) is 5.48. The fourth-order valence-electron chi connectivity index (χ4n) is 1.42. The highest BCUT2D eigenvalue weighted by Crippen LogP contribution is 2.01. The maximum absolute atomic E-state index is 4.20. The molecule has 1 rings (SSSR count). The summed E-state index contributed by atoms with van der Waals surface area (Å²) in [4.78, 5) is 12.9. The quantitative estimate of drug-likeness (QED) is 0.704. The average Bonchev–Trinajstić information content (AvgIpc) is 2.31. The van der Waals surface area contributed by atoms with Gasteiger partial charge in [0.25, 0.3) is 0 Å². The Balaban J connectivity index is 2.39. The van der Waals surface area contributed by atoms with E-state index in [4.69, 9.17) is 0 Å². The third kappa shape index (κ3) is 3.83. The highest BCUT2D eigenvalue weighted by Gasteiger charge is 2.04. The second kappa shape index (κ2) is 6.35. The lowest BCUT2D eigenvalue weighted by Gasteiger charge is -2.22. The molecule has 4 heteroatoms.